The van der Waals surface area contributed by atoms with Crippen LogP contribution in [0.15, 0.2) is 12.7 Å². The number of carbonyl (C=O) groups excluding carboxylic acids is 1. The van der Waals surface area contributed by atoms with Crippen LogP contribution >= 0.6 is 0 Å². The lowest BCUT2D eigenvalue weighted by atomic mass is 9.62. The first-order chi connectivity index (χ1) is 6.47. The molecule has 0 radical (unpaired) electrons. The lowest BCUT2D eigenvalue weighted by Gasteiger charge is -2.42. The van der Waals surface area contributed by atoms with Crippen molar-refractivity contribution >= 4 is 5.78 Å². The molecule has 0 spiro atoms. The van der Waals surface area contributed by atoms with Gasteiger partial charge in [0.05, 0.1) is 0 Å². The van der Waals surface area contributed by atoms with Crippen molar-refractivity contribution < 1.29 is 4.79 Å². The van der Waals surface area contributed by atoms with Gasteiger partial charge in [-0.05, 0) is 29.7 Å². The van der Waals surface area contributed by atoms with E-state index in [0.29, 0.717) is 23.7 Å². The lowest BCUT2D eigenvalue weighted by molar-refractivity contribution is -0.117. The second kappa shape index (κ2) is 4.29. The summed E-state index contributed by atoms with van der Waals surface area (Å²) in [6.07, 6.45) is 6.01. The zero-order valence-corrected chi connectivity index (χ0v) is 9.68. The molecule has 0 heterocycles. The van der Waals surface area contributed by atoms with Crippen LogP contribution in [-0.2, 0) is 4.79 Å². The quantitative estimate of drug-likeness (QED) is 0.627. The van der Waals surface area contributed by atoms with Crippen molar-refractivity contribution in [3.8, 4) is 0 Å². The van der Waals surface area contributed by atoms with Crippen molar-refractivity contribution in [2.45, 2.75) is 46.5 Å². The number of hydrogen-bond donors (Lipinski definition) is 0. The van der Waals surface area contributed by atoms with Crippen LogP contribution < -0.4 is 0 Å². The Labute approximate surface area is 87.6 Å². The normalized spacial score (nSPS) is 31.1. The molecule has 0 bridgehead atoms. The molecule has 1 aliphatic carbocycles. The lowest BCUT2D eigenvalue weighted by Crippen LogP contribution is -2.34. The maximum absolute atomic E-state index is 11.4. The van der Waals surface area contributed by atoms with E-state index in [4.69, 9.17) is 0 Å². The van der Waals surface area contributed by atoms with Gasteiger partial charge in [-0.3, -0.25) is 4.79 Å². The molecule has 1 nitrogen and oxygen atoms in total. The third kappa shape index (κ3) is 2.46. The van der Waals surface area contributed by atoms with E-state index in [-0.39, 0.29) is 5.78 Å². The summed E-state index contributed by atoms with van der Waals surface area (Å²) in [6.45, 7) is 10.4. The second-order valence-corrected chi connectivity index (χ2v) is 5.34. The van der Waals surface area contributed by atoms with Crippen molar-refractivity contribution in [2.75, 3.05) is 0 Å². The summed E-state index contributed by atoms with van der Waals surface area (Å²) >= 11 is 0. The largest absolute Gasteiger partial charge is 0.295 e. The van der Waals surface area contributed by atoms with Crippen molar-refractivity contribution in [2.24, 2.45) is 17.3 Å². The Balaban J connectivity index is 2.70. The topological polar surface area (TPSA) is 17.1 Å². The van der Waals surface area contributed by atoms with Crippen LogP contribution in [0.2, 0.25) is 0 Å². The molecule has 1 fully saturated rings. The predicted molar refractivity (Wildman–Crippen MR) is 60.1 cm³/mol. The number of carbonyl (C=O) groups is 1. The molecule has 0 aromatic rings. The first-order valence-electron chi connectivity index (χ1n) is 5.62. The van der Waals surface area contributed by atoms with Gasteiger partial charge >= 0.3 is 0 Å². The van der Waals surface area contributed by atoms with Crippen molar-refractivity contribution in [3.63, 3.8) is 0 Å². The molecule has 0 aliphatic heterocycles. The zero-order valence-electron chi connectivity index (χ0n) is 9.68. The smallest absolute Gasteiger partial charge is 0.155 e. The molecular weight excluding hydrogens is 172 g/mol. The van der Waals surface area contributed by atoms with Gasteiger partial charge in [0.1, 0.15) is 0 Å². The van der Waals surface area contributed by atoms with E-state index in [9.17, 15) is 4.79 Å². The van der Waals surface area contributed by atoms with Gasteiger partial charge in [0.15, 0.2) is 5.78 Å². The fourth-order valence-electron chi connectivity index (χ4n) is 2.81. The summed E-state index contributed by atoms with van der Waals surface area (Å²) in [5.74, 6) is 1.43. The standard InChI is InChI=1S/C13H22O/c1-5-11(14)9-12-10(2)7-6-8-13(12,3)4/h5,10,12H,1,6-9H2,2-4H3. The van der Waals surface area contributed by atoms with E-state index in [1.165, 1.54) is 25.3 Å². The summed E-state index contributed by atoms with van der Waals surface area (Å²) in [4.78, 5) is 11.4. The third-order valence-corrected chi connectivity index (χ3v) is 3.82. The number of hydrogen-bond acceptors (Lipinski definition) is 1. The van der Waals surface area contributed by atoms with Gasteiger partial charge in [-0.25, -0.2) is 0 Å². The van der Waals surface area contributed by atoms with E-state index in [1.54, 1.807) is 0 Å². The maximum atomic E-state index is 11.4. The van der Waals surface area contributed by atoms with Gasteiger partial charge in [-0.1, -0.05) is 40.2 Å². The van der Waals surface area contributed by atoms with Crippen molar-refractivity contribution in [1.82, 2.24) is 0 Å². The summed E-state index contributed by atoms with van der Waals surface area (Å²) < 4.78 is 0. The van der Waals surface area contributed by atoms with E-state index in [0.717, 1.165) is 0 Å². The Morgan fingerprint density at radius 1 is 1.57 bits per heavy atom. The fraction of sp³-hybridized carbons (Fsp3) is 0.769. The van der Waals surface area contributed by atoms with Crippen LogP contribution in [0.1, 0.15) is 46.5 Å². The molecule has 1 rings (SSSR count). The molecule has 0 N–H and O–H groups in total. The molecule has 0 saturated heterocycles. The number of allylic oxidation sites excluding steroid dienone is 1. The summed E-state index contributed by atoms with van der Waals surface area (Å²) in [6, 6.07) is 0. The monoisotopic (exact) mass is 194 g/mol. The molecule has 1 aliphatic rings. The van der Waals surface area contributed by atoms with Crippen LogP contribution in [0, 0.1) is 17.3 Å². The van der Waals surface area contributed by atoms with Crippen LogP contribution in [-0.4, -0.2) is 5.78 Å². The summed E-state index contributed by atoms with van der Waals surface area (Å²) in [5, 5.41) is 0. The fourth-order valence-corrected chi connectivity index (χ4v) is 2.81. The highest BCUT2D eigenvalue weighted by atomic mass is 16.1. The average molecular weight is 194 g/mol. The molecule has 80 valence electrons. The molecule has 0 aromatic heterocycles. The van der Waals surface area contributed by atoms with Gasteiger partial charge in [-0.2, -0.15) is 0 Å². The molecule has 2 atom stereocenters. The first-order valence-corrected chi connectivity index (χ1v) is 5.62. The van der Waals surface area contributed by atoms with Gasteiger partial charge in [0.25, 0.3) is 0 Å². The summed E-state index contributed by atoms with van der Waals surface area (Å²) in [7, 11) is 0. The molecular formula is C13H22O. The van der Waals surface area contributed by atoms with E-state index in [2.05, 4.69) is 27.4 Å². The predicted octanol–water partition coefficient (Wildman–Crippen LogP) is 3.59. The van der Waals surface area contributed by atoms with Gasteiger partial charge in [-0.15, -0.1) is 0 Å². The minimum absolute atomic E-state index is 0.205. The van der Waals surface area contributed by atoms with Gasteiger partial charge < -0.3 is 0 Å². The van der Waals surface area contributed by atoms with Gasteiger partial charge in [0.2, 0.25) is 0 Å². The van der Waals surface area contributed by atoms with Crippen molar-refractivity contribution in [1.29, 1.82) is 0 Å². The Kier molecular flexibility index (Phi) is 3.52. The highest BCUT2D eigenvalue weighted by Crippen LogP contribution is 2.45. The third-order valence-electron chi connectivity index (χ3n) is 3.82. The summed E-state index contributed by atoms with van der Waals surface area (Å²) in [5.41, 5.74) is 0.330. The van der Waals surface area contributed by atoms with Gasteiger partial charge in [0, 0.05) is 6.42 Å². The molecule has 0 aromatic carbocycles. The zero-order chi connectivity index (χ0) is 10.8. The Hall–Kier alpha value is -0.590. The highest BCUT2D eigenvalue weighted by molar-refractivity contribution is 5.89. The van der Waals surface area contributed by atoms with E-state index in [1.807, 2.05) is 0 Å². The minimum Gasteiger partial charge on any atom is -0.295 e. The van der Waals surface area contributed by atoms with Crippen LogP contribution in [0.5, 0.6) is 0 Å². The maximum Gasteiger partial charge on any atom is 0.155 e. The Morgan fingerprint density at radius 3 is 2.71 bits per heavy atom. The highest BCUT2D eigenvalue weighted by Gasteiger charge is 2.37. The molecule has 14 heavy (non-hydrogen) atoms. The van der Waals surface area contributed by atoms with Crippen LogP contribution in [0.3, 0.4) is 0 Å². The Morgan fingerprint density at radius 2 is 2.21 bits per heavy atom. The Bertz CT molecular complexity index is 227. The number of ketones is 1. The van der Waals surface area contributed by atoms with E-state index >= 15 is 0 Å². The van der Waals surface area contributed by atoms with Crippen molar-refractivity contribution in [3.05, 3.63) is 12.7 Å². The minimum atomic E-state index is 0.205. The first kappa shape index (κ1) is 11.5. The average Bonchev–Trinajstić information content (AvgIpc) is 2.11. The van der Waals surface area contributed by atoms with Crippen LogP contribution in [0.25, 0.3) is 0 Å². The molecule has 1 heteroatoms. The van der Waals surface area contributed by atoms with Crippen LogP contribution in [0.4, 0.5) is 0 Å². The molecule has 1 saturated carbocycles. The molecule has 0 amide bonds. The SMILES string of the molecule is C=CC(=O)CC1C(C)CCCC1(C)C. The molecule has 2 unspecified atom stereocenters. The van der Waals surface area contributed by atoms with E-state index < -0.39 is 0 Å². The second-order valence-electron chi connectivity index (χ2n) is 5.34. The number of rotatable bonds is 3.